The predicted molar refractivity (Wildman–Crippen MR) is 57.3 cm³/mol. The van der Waals surface area contributed by atoms with Gasteiger partial charge in [-0.05, 0) is 18.4 Å². The van der Waals surface area contributed by atoms with Crippen molar-refractivity contribution in [2.24, 2.45) is 5.73 Å². The van der Waals surface area contributed by atoms with Crippen LogP contribution in [0.2, 0.25) is 0 Å². The highest BCUT2D eigenvalue weighted by molar-refractivity contribution is 5.76. The Morgan fingerprint density at radius 2 is 2.31 bits per heavy atom. The summed E-state index contributed by atoms with van der Waals surface area (Å²) in [6.07, 6.45) is 3.25. The molecule has 0 spiro atoms. The molecule has 1 fully saturated rings. The molecule has 1 atom stereocenters. The van der Waals surface area contributed by atoms with Gasteiger partial charge >= 0.3 is 5.97 Å². The Labute approximate surface area is 93.2 Å². The number of aromatic nitrogens is 1. The van der Waals surface area contributed by atoms with Gasteiger partial charge in [-0.25, -0.2) is 4.98 Å². The number of aliphatic carboxylic acids is 1. The highest BCUT2D eigenvalue weighted by Gasteiger charge is 2.52. The molecule has 1 aromatic heterocycles. The number of pyridine rings is 1. The quantitative estimate of drug-likeness (QED) is 0.776. The number of methoxy groups -OCH3 is 1. The Balaban J connectivity index is 2.26. The first-order valence-electron chi connectivity index (χ1n) is 5.09. The Morgan fingerprint density at radius 3 is 2.69 bits per heavy atom. The molecule has 1 aliphatic rings. The number of nitrogens with zero attached hydrogens (tertiary/aromatic N) is 1. The number of ether oxygens (including phenoxy) is 1. The first kappa shape index (κ1) is 10.9. The van der Waals surface area contributed by atoms with Gasteiger partial charge in [-0.15, -0.1) is 0 Å². The monoisotopic (exact) mass is 222 g/mol. The zero-order valence-corrected chi connectivity index (χ0v) is 9.01. The highest BCUT2D eigenvalue weighted by Crippen LogP contribution is 2.50. The molecular weight excluding hydrogens is 208 g/mol. The van der Waals surface area contributed by atoms with E-state index in [9.17, 15) is 4.79 Å². The average Bonchev–Trinajstić information content (AvgIpc) is 3.09. The van der Waals surface area contributed by atoms with Crippen molar-refractivity contribution >= 4 is 5.97 Å². The van der Waals surface area contributed by atoms with Crippen molar-refractivity contribution in [3.63, 3.8) is 0 Å². The Kier molecular flexibility index (Phi) is 2.55. The molecule has 0 aromatic carbocycles. The van der Waals surface area contributed by atoms with E-state index in [4.69, 9.17) is 15.6 Å². The fraction of sp³-hybridized carbons (Fsp3) is 0.455. The van der Waals surface area contributed by atoms with Crippen molar-refractivity contribution in [1.82, 2.24) is 4.98 Å². The summed E-state index contributed by atoms with van der Waals surface area (Å²) < 4.78 is 4.95. The molecule has 1 unspecified atom stereocenters. The summed E-state index contributed by atoms with van der Waals surface area (Å²) in [5.41, 5.74) is 6.15. The third kappa shape index (κ3) is 1.63. The molecule has 0 radical (unpaired) electrons. The van der Waals surface area contributed by atoms with Crippen LogP contribution in [0.4, 0.5) is 0 Å². The molecular formula is C11H14N2O3. The van der Waals surface area contributed by atoms with E-state index in [-0.39, 0.29) is 0 Å². The predicted octanol–water partition coefficient (Wildman–Crippen LogP) is 0.534. The molecule has 0 saturated heterocycles. The van der Waals surface area contributed by atoms with Gasteiger partial charge < -0.3 is 15.6 Å². The minimum Gasteiger partial charge on any atom is -0.481 e. The number of rotatable bonds is 4. The fourth-order valence-electron chi connectivity index (χ4n) is 1.95. The zero-order valence-electron chi connectivity index (χ0n) is 9.01. The van der Waals surface area contributed by atoms with Crippen LogP contribution in [0.3, 0.4) is 0 Å². The van der Waals surface area contributed by atoms with E-state index in [0.29, 0.717) is 5.88 Å². The van der Waals surface area contributed by atoms with E-state index in [1.807, 2.05) is 6.07 Å². The number of carbonyl (C=O) groups is 1. The molecule has 5 heteroatoms. The third-order valence-corrected chi connectivity index (χ3v) is 3.17. The van der Waals surface area contributed by atoms with E-state index in [0.717, 1.165) is 18.4 Å². The van der Waals surface area contributed by atoms with Crippen LogP contribution in [-0.4, -0.2) is 29.2 Å². The first-order chi connectivity index (χ1) is 7.60. The number of nitrogens with two attached hydrogens (primary N) is 1. The van der Waals surface area contributed by atoms with Crippen molar-refractivity contribution in [3.8, 4) is 5.88 Å². The molecule has 0 aliphatic heterocycles. The second kappa shape index (κ2) is 3.75. The van der Waals surface area contributed by atoms with Crippen molar-refractivity contribution in [2.75, 3.05) is 7.11 Å². The van der Waals surface area contributed by atoms with Crippen LogP contribution in [0, 0.1) is 0 Å². The maximum Gasteiger partial charge on any atom is 0.321 e. The lowest BCUT2D eigenvalue weighted by Gasteiger charge is -2.19. The maximum atomic E-state index is 10.9. The maximum absolute atomic E-state index is 10.9. The van der Waals surface area contributed by atoms with Gasteiger partial charge in [-0.1, -0.05) is 6.07 Å². The second-order valence-corrected chi connectivity index (χ2v) is 4.06. The Hall–Kier alpha value is -1.62. The molecule has 3 N–H and O–H groups in total. The molecule has 16 heavy (non-hydrogen) atoms. The molecule has 1 heterocycles. The number of carboxylic acid groups (broad SMARTS) is 1. The molecule has 1 saturated carbocycles. The molecule has 1 aliphatic carbocycles. The lowest BCUT2D eigenvalue weighted by atomic mass is 9.90. The topological polar surface area (TPSA) is 85.4 Å². The second-order valence-electron chi connectivity index (χ2n) is 4.06. The van der Waals surface area contributed by atoms with Crippen LogP contribution in [-0.2, 0) is 10.2 Å². The lowest BCUT2D eigenvalue weighted by Crippen LogP contribution is -2.42. The van der Waals surface area contributed by atoms with Crippen molar-refractivity contribution in [2.45, 2.75) is 24.3 Å². The van der Waals surface area contributed by atoms with Crippen LogP contribution in [0.15, 0.2) is 18.3 Å². The average molecular weight is 222 g/mol. The van der Waals surface area contributed by atoms with Crippen molar-refractivity contribution in [3.05, 3.63) is 23.9 Å². The summed E-state index contributed by atoms with van der Waals surface area (Å²) in [6, 6.07) is 2.70. The first-order valence-corrected chi connectivity index (χ1v) is 5.09. The van der Waals surface area contributed by atoms with E-state index >= 15 is 0 Å². The molecule has 1 aromatic rings. The van der Waals surface area contributed by atoms with Gasteiger partial charge in [0.05, 0.1) is 7.11 Å². The minimum absolute atomic E-state index is 0.425. The van der Waals surface area contributed by atoms with Gasteiger partial charge in [-0.2, -0.15) is 0 Å². The summed E-state index contributed by atoms with van der Waals surface area (Å²) in [4.78, 5) is 15.0. The van der Waals surface area contributed by atoms with Crippen LogP contribution in [0.25, 0.3) is 0 Å². The van der Waals surface area contributed by atoms with Crippen LogP contribution in [0.5, 0.6) is 5.88 Å². The van der Waals surface area contributed by atoms with Gasteiger partial charge in [0.1, 0.15) is 6.04 Å². The van der Waals surface area contributed by atoms with Gasteiger partial charge in [0.15, 0.2) is 0 Å². The van der Waals surface area contributed by atoms with Gasteiger partial charge in [0.25, 0.3) is 0 Å². The van der Waals surface area contributed by atoms with Crippen molar-refractivity contribution < 1.29 is 14.6 Å². The van der Waals surface area contributed by atoms with Crippen LogP contribution >= 0.6 is 0 Å². The molecule has 2 rings (SSSR count). The van der Waals surface area contributed by atoms with Gasteiger partial charge in [-0.3, -0.25) is 4.79 Å². The molecule has 0 bridgehead atoms. The van der Waals surface area contributed by atoms with Gasteiger partial charge in [0.2, 0.25) is 5.88 Å². The fourth-order valence-corrected chi connectivity index (χ4v) is 1.95. The largest absolute Gasteiger partial charge is 0.481 e. The molecule has 0 amide bonds. The van der Waals surface area contributed by atoms with Crippen molar-refractivity contribution in [1.29, 1.82) is 0 Å². The summed E-state index contributed by atoms with van der Waals surface area (Å²) in [6.45, 7) is 0. The van der Waals surface area contributed by atoms with E-state index in [2.05, 4.69) is 4.98 Å². The summed E-state index contributed by atoms with van der Waals surface area (Å²) >= 11 is 0. The Morgan fingerprint density at radius 1 is 1.62 bits per heavy atom. The molecule has 86 valence electrons. The summed E-state index contributed by atoms with van der Waals surface area (Å²) in [7, 11) is 1.54. The number of carboxylic acids is 1. The van der Waals surface area contributed by atoms with Gasteiger partial charge in [0, 0.05) is 17.7 Å². The SMILES string of the molecule is COc1ccc(C2(C(N)C(=O)O)CC2)cn1. The molecule has 5 nitrogen and oxygen atoms in total. The van der Waals surface area contributed by atoms with Crippen LogP contribution in [0.1, 0.15) is 18.4 Å². The van der Waals surface area contributed by atoms with E-state index in [1.165, 1.54) is 7.11 Å². The Bertz CT molecular complexity index is 398. The number of hydrogen-bond donors (Lipinski definition) is 2. The highest BCUT2D eigenvalue weighted by atomic mass is 16.5. The minimum atomic E-state index is -0.965. The van der Waals surface area contributed by atoms with E-state index in [1.54, 1.807) is 12.3 Å². The third-order valence-electron chi connectivity index (χ3n) is 3.17. The zero-order chi connectivity index (χ0) is 11.8. The number of hydrogen-bond acceptors (Lipinski definition) is 4. The van der Waals surface area contributed by atoms with Crippen LogP contribution < -0.4 is 10.5 Å². The lowest BCUT2D eigenvalue weighted by molar-refractivity contribution is -0.139. The summed E-state index contributed by atoms with van der Waals surface area (Å²) in [5, 5.41) is 8.95. The normalized spacial score (nSPS) is 18.9. The summed E-state index contributed by atoms with van der Waals surface area (Å²) in [5.74, 6) is -0.447. The standard InChI is InChI=1S/C11H14N2O3/c1-16-8-3-2-7(6-13-8)11(4-5-11)9(12)10(14)15/h2-3,6,9H,4-5,12H2,1H3,(H,14,15). The smallest absolute Gasteiger partial charge is 0.321 e. The van der Waals surface area contributed by atoms with E-state index < -0.39 is 17.4 Å².